The molecule has 0 aliphatic heterocycles. The number of anilines is 2. The number of halogens is 2. The molecule has 210 valence electrons. The van der Waals surface area contributed by atoms with Gasteiger partial charge in [0.25, 0.3) is 0 Å². The van der Waals surface area contributed by atoms with Gasteiger partial charge in [-0.25, -0.2) is 9.48 Å². The molecule has 0 saturated carbocycles. The maximum absolute atomic E-state index is 13.4. The average molecular weight is 573 g/mol. The van der Waals surface area contributed by atoms with Crippen molar-refractivity contribution < 1.29 is 9.59 Å². The van der Waals surface area contributed by atoms with Gasteiger partial charge in [-0.15, -0.1) is 0 Å². The molecule has 7 nitrogen and oxygen atoms in total. The number of nitrogens with one attached hydrogen (secondary N) is 2. The van der Waals surface area contributed by atoms with Crippen LogP contribution in [0.2, 0.25) is 10.0 Å². The van der Waals surface area contributed by atoms with Crippen LogP contribution in [0.5, 0.6) is 0 Å². The van der Waals surface area contributed by atoms with Crippen LogP contribution >= 0.6 is 23.2 Å². The summed E-state index contributed by atoms with van der Waals surface area (Å²) in [6, 6.07) is 12.8. The van der Waals surface area contributed by atoms with E-state index in [0.29, 0.717) is 28.1 Å². The zero-order chi connectivity index (χ0) is 29.1. The standard InChI is InChI=1S/C30H39Cl2N5O2/c1-9-36(29(39)34-28-21(18(2)3)11-10-12-22(28)19(4)5)17-27(38)33-26-16-25(30(6,7)8)35-37(26)20-13-14-23(31)24(32)15-20/h10-16,18-19H,9,17H2,1-8H3,(H,33,38)(H,34,39). The molecule has 2 aromatic carbocycles. The highest BCUT2D eigenvalue weighted by atomic mass is 35.5. The summed E-state index contributed by atoms with van der Waals surface area (Å²) in [5, 5.41) is 11.6. The number of nitrogens with zero attached hydrogens (tertiary/aromatic N) is 3. The van der Waals surface area contributed by atoms with Crippen LogP contribution in [0.1, 0.15) is 84.0 Å². The number of carbonyl (C=O) groups is 2. The van der Waals surface area contributed by atoms with E-state index < -0.39 is 0 Å². The van der Waals surface area contributed by atoms with E-state index in [0.717, 1.165) is 22.5 Å². The Morgan fingerprint density at radius 1 is 0.949 bits per heavy atom. The quantitative estimate of drug-likeness (QED) is 0.286. The van der Waals surface area contributed by atoms with Gasteiger partial charge in [-0.1, -0.05) is 89.9 Å². The van der Waals surface area contributed by atoms with E-state index in [4.69, 9.17) is 28.3 Å². The summed E-state index contributed by atoms with van der Waals surface area (Å²) < 4.78 is 1.63. The van der Waals surface area contributed by atoms with Crippen molar-refractivity contribution >= 4 is 46.6 Å². The second-order valence-corrected chi connectivity index (χ2v) is 12.1. The number of para-hydroxylation sites is 1. The Morgan fingerprint density at radius 3 is 2.08 bits per heavy atom. The molecule has 0 fully saturated rings. The molecule has 0 saturated heterocycles. The predicted octanol–water partition coefficient (Wildman–Crippen LogP) is 8.22. The van der Waals surface area contributed by atoms with Gasteiger partial charge in [-0.3, -0.25) is 4.79 Å². The van der Waals surface area contributed by atoms with Gasteiger partial charge in [0.15, 0.2) is 0 Å². The van der Waals surface area contributed by atoms with E-state index in [1.54, 1.807) is 22.9 Å². The molecule has 0 unspecified atom stereocenters. The Bertz CT molecular complexity index is 1320. The van der Waals surface area contributed by atoms with E-state index in [1.807, 2.05) is 52.0 Å². The molecule has 1 heterocycles. The fourth-order valence-electron chi connectivity index (χ4n) is 4.21. The van der Waals surface area contributed by atoms with Crippen LogP contribution in [0.4, 0.5) is 16.3 Å². The molecule has 3 aromatic rings. The van der Waals surface area contributed by atoms with E-state index in [-0.39, 0.29) is 35.7 Å². The van der Waals surface area contributed by atoms with E-state index in [2.05, 4.69) is 38.3 Å². The lowest BCUT2D eigenvalue weighted by molar-refractivity contribution is -0.116. The number of rotatable bonds is 8. The minimum Gasteiger partial charge on any atom is -0.315 e. The number of amides is 3. The van der Waals surface area contributed by atoms with E-state index >= 15 is 0 Å². The Labute approximate surface area is 241 Å². The van der Waals surface area contributed by atoms with E-state index in [1.165, 1.54) is 4.90 Å². The van der Waals surface area contributed by atoms with Gasteiger partial charge in [-0.2, -0.15) is 5.10 Å². The number of likely N-dealkylation sites (N-methyl/N-ethyl adjacent to an activating group) is 1. The number of hydrogen-bond acceptors (Lipinski definition) is 3. The SMILES string of the molecule is CCN(CC(=O)Nc1cc(C(C)(C)C)nn1-c1ccc(Cl)c(Cl)c1)C(=O)Nc1c(C(C)C)cccc1C(C)C. The van der Waals surface area contributed by atoms with Gasteiger partial charge in [0.2, 0.25) is 5.91 Å². The van der Waals surface area contributed by atoms with Crippen LogP contribution < -0.4 is 10.6 Å². The maximum Gasteiger partial charge on any atom is 0.322 e. The normalized spacial score (nSPS) is 11.7. The molecule has 0 atom stereocenters. The van der Waals surface area contributed by atoms with Crippen LogP contribution in [-0.4, -0.2) is 39.7 Å². The first-order chi connectivity index (χ1) is 18.2. The fourth-order valence-corrected chi connectivity index (χ4v) is 4.51. The predicted molar refractivity (Wildman–Crippen MR) is 162 cm³/mol. The summed E-state index contributed by atoms with van der Waals surface area (Å²) in [4.78, 5) is 28.1. The third-order valence-electron chi connectivity index (χ3n) is 6.50. The minimum absolute atomic E-state index is 0.124. The molecule has 2 N–H and O–H groups in total. The monoisotopic (exact) mass is 571 g/mol. The topological polar surface area (TPSA) is 79.3 Å². The zero-order valence-electron chi connectivity index (χ0n) is 24.0. The second kappa shape index (κ2) is 12.4. The van der Waals surface area contributed by atoms with Crippen molar-refractivity contribution in [1.29, 1.82) is 0 Å². The molecule has 0 bridgehead atoms. The highest BCUT2D eigenvalue weighted by Gasteiger charge is 2.24. The van der Waals surface area contributed by atoms with Crippen LogP contribution in [0.15, 0.2) is 42.5 Å². The third kappa shape index (κ3) is 7.34. The van der Waals surface area contributed by atoms with Gasteiger partial charge < -0.3 is 15.5 Å². The van der Waals surface area contributed by atoms with Gasteiger partial charge in [-0.05, 0) is 48.1 Å². The summed E-state index contributed by atoms with van der Waals surface area (Å²) in [7, 11) is 0. The third-order valence-corrected chi connectivity index (χ3v) is 7.24. The zero-order valence-corrected chi connectivity index (χ0v) is 25.5. The Morgan fingerprint density at radius 2 is 1.56 bits per heavy atom. The second-order valence-electron chi connectivity index (χ2n) is 11.3. The highest BCUT2D eigenvalue weighted by Crippen LogP contribution is 2.33. The number of hydrogen-bond donors (Lipinski definition) is 2. The molecule has 39 heavy (non-hydrogen) atoms. The summed E-state index contributed by atoms with van der Waals surface area (Å²) in [5.74, 6) is 0.606. The highest BCUT2D eigenvalue weighted by molar-refractivity contribution is 6.42. The molecule has 3 amide bonds. The van der Waals surface area contributed by atoms with Crippen LogP contribution in [0.3, 0.4) is 0 Å². The Kier molecular flexibility index (Phi) is 9.73. The number of urea groups is 1. The number of carbonyl (C=O) groups excluding carboxylic acids is 2. The molecular weight excluding hydrogens is 533 g/mol. The summed E-state index contributed by atoms with van der Waals surface area (Å²) >= 11 is 12.4. The summed E-state index contributed by atoms with van der Waals surface area (Å²) in [6.45, 7) is 16.6. The largest absolute Gasteiger partial charge is 0.322 e. The average Bonchev–Trinajstić information content (AvgIpc) is 3.28. The van der Waals surface area contributed by atoms with Crippen LogP contribution in [0.25, 0.3) is 5.69 Å². The van der Waals surface area contributed by atoms with Gasteiger partial charge >= 0.3 is 6.03 Å². The number of benzene rings is 2. The molecular formula is C30H39Cl2N5O2. The van der Waals surface area contributed by atoms with Gasteiger partial charge in [0.1, 0.15) is 12.4 Å². The molecule has 3 rings (SSSR count). The fraction of sp³-hybridized carbons (Fsp3) is 0.433. The Balaban J connectivity index is 1.85. The van der Waals surface area contributed by atoms with Crippen molar-refractivity contribution in [3.05, 3.63) is 69.3 Å². The van der Waals surface area contributed by atoms with Crippen molar-refractivity contribution in [2.24, 2.45) is 0 Å². The van der Waals surface area contributed by atoms with Crippen LogP contribution in [0, 0.1) is 0 Å². The minimum atomic E-state index is -0.338. The maximum atomic E-state index is 13.4. The first-order valence-electron chi connectivity index (χ1n) is 13.3. The molecule has 9 heteroatoms. The van der Waals surface area contributed by atoms with Gasteiger partial charge in [0, 0.05) is 23.7 Å². The van der Waals surface area contributed by atoms with Crippen LogP contribution in [-0.2, 0) is 10.2 Å². The van der Waals surface area contributed by atoms with Crippen molar-refractivity contribution in [1.82, 2.24) is 14.7 Å². The Hall–Kier alpha value is -3.03. The van der Waals surface area contributed by atoms with E-state index in [9.17, 15) is 9.59 Å². The molecule has 0 spiro atoms. The van der Waals surface area contributed by atoms with Crippen molar-refractivity contribution in [3.63, 3.8) is 0 Å². The first-order valence-corrected chi connectivity index (χ1v) is 14.0. The molecule has 0 aliphatic rings. The van der Waals surface area contributed by atoms with Crippen molar-refractivity contribution in [3.8, 4) is 5.69 Å². The lowest BCUT2D eigenvalue weighted by Gasteiger charge is -2.25. The van der Waals surface area contributed by atoms with Crippen molar-refractivity contribution in [2.75, 3.05) is 23.7 Å². The number of aromatic nitrogens is 2. The van der Waals surface area contributed by atoms with Crippen molar-refractivity contribution in [2.45, 2.75) is 72.6 Å². The molecule has 0 radical (unpaired) electrons. The lowest BCUT2D eigenvalue weighted by atomic mass is 9.92. The lowest BCUT2D eigenvalue weighted by Crippen LogP contribution is -2.41. The molecule has 1 aromatic heterocycles. The summed E-state index contributed by atoms with van der Waals surface area (Å²) in [5.41, 5.74) is 4.14. The molecule has 0 aliphatic carbocycles. The van der Waals surface area contributed by atoms with Gasteiger partial charge in [0.05, 0.1) is 21.4 Å². The smallest absolute Gasteiger partial charge is 0.315 e. The summed E-state index contributed by atoms with van der Waals surface area (Å²) in [6.07, 6.45) is 0. The first kappa shape index (κ1) is 30.5.